The topological polar surface area (TPSA) is 123 Å². The second-order valence-electron chi connectivity index (χ2n) is 7.19. The van der Waals surface area contributed by atoms with Crippen LogP contribution in [0.2, 0.25) is 0 Å². The van der Waals surface area contributed by atoms with Gasteiger partial charge >= 0.3 is 12.1 Å². The van der Waals surface area contributed by atoms with Crippen molar-refractivity contribution in [2.75, 3.05) is 12.5 Å². The molecule has 0 aliphatic heterocycles. The van der Waals surface area contributed by atoms with Crippen LogP contribution in [0.1, 0.15) is 27.0 Å². The van der Waals surface area contributed by atoms with Crippen molar-refractivity contribution in [2.45, 2.75) is 12.8 Å². The molecule has 9 nitrogen and oxygen atoms in total. The van der Waals surface area contributed by atoms with Gasteiger partial charge in [0.15, 0.2) is 11.5 Å². The molecule has 3 aromatic carbocycles. The van der Waals surface area contributed by atoms with Crippen LogP contribution in [0.4, 0.5) is 24.5 Å². The van der Waals surface area contributed by atoms with E-state index < -0.39 is 28.3 Å². The van der Waals surface area contributed by atoms with Crippen LogP contribution in [-0.4, -0.2) is 29.3 Å². The number of alkyl halides is 3. The van der Waals surface area contributed by atoms with Gasteiger partial charge in [0, 0.05) is 6.07 Å². The molecule has 0 unspecified atom stereocenters. The van der Waals surface area contributed by atoms with E-state index >= 15 is 0 Å². The zero-order valence-corrected chi connectivity index (χ0v) is 20.5. The van der Waals surface area contributed by atoms with Gasteiger partial charge < -0.3 is 14.6 Å². The molecule has 0 saturated carbocycles. The molecule has 0 saturated heterocycles. The quantitative estimate of drug-likeness (QED) is 0.132. The van der Waals surface area contributed by atoms with E-state index in [9.17, 15) is 28.1 Å². The Morgan fingerprint density at radius 1 is 1.22 bits per heavy atom. The molecule has 3 aromatic rings. The van der Waals surface area contributed by atoms with Gasteiger partial charge in [-0.25, -0.2) is 4.79 Å². The summed E-state index contributed by atoms with van der Waals surface area (Å²) in [5, 5.41) is 24.2. The van der Waals surface area contributed by atoms with Gasteiger partial charge in [-0.2, -0.15) is 18.3 Å². The Balaban J connectivity index is 1.77. The van der Waals surface area contributed by atoms with Crippen molar-refractivity contribution >= 4 is 46.1 Å². The Hall–Kier alpha value is -3.88. The molecular formula is C23H17F3IN3O6. The normalized spacial score (nSPS) is 11.4. The van der Waals surface area contributed by atoms with Crippen molar-refractivity contribution < 1.29 is 37.5 Å². The number of carboxylic acid groups (broad SMARTS) is 1. The SMILES string of the molecule is COc1cc(/C=N\Nc2ccc(C(F)(F)F)cc2[N+](=O)[O-])cc(I)c1OCc1cccc(C(=O)O)c1. The molecule has 0 aliphatic carbocycles. The molecule has 188 valence electrons. The molecule has 0 aromatic heterocycles. The van der Waals surface area contributed by atoms with Crippen LogP contribution in [0.5, 0.6) is 11.5 Å². The highest BCUT2D eigenvalue weighted by molar-refractivity contribution is 14.1. The number of halogens is 4. The highest BCUT2D eigenvalue weighted by atomic mass is 127. The van der Waals surface area contributed by atoms with Crippen LogP contribution in [0.3, 0.4) is 0 Å². The van der Waals surface area contributed by atoms with Gasteiger partial charge in [0.05, 0.1) is 32.9 Å². The van der Waals surface area contributed by atoms with Crippen LogP contribution in [0.15, 0.2) is 59.7 Å². The van der Waals surface area contributed by atoms with E-state index in [1.807, 2.05) is 22.6 Å². The first-order chi connectivity index (χ1) is 17.0. The fourth-order valence-electron chi connectivity index (χ4n) is 3.03. The molecule has 0 amide bonds. The number of hydrazone groups is 1. The summed E-state index contributed by atoms with van der Waals surface area (Å²) in [7, 11) is 1.42. The summed E-state index contributed by atoms with van der Waals surface area (Å²) in [6, 6.07) is 11.6. The molecule has 0 heterocycles. The third-order valence-electron chi connectivity index (χ3n) is 4.73. The second-order valence-corrected chi connectivity index (χ2v) is 8.35. The number of benzene rings is 3. The number of nitro benzene ring substituents is 1. The van der Waals surface area contributed by atoms with Gasteiger partial charge in [-0.15, -0.1) is 0 Å². The van der Waals surface area contributed by atoms with Crippen molar-refractivity contribution in [1.29, 1.82) is 0 Å². The smallest absolute Gasteiger partial charge is 0.416 e. The highest BCUT2D eigenvalue weighted by Gasteiger charge is 2.33. The number of nitro groups is 1. The lowest BCUT2D eigenvalue weighted by atomic mass is 10.1. The lowest BCUT2D eigenvalue weighted by Gasteiger charge is -2.14. The average molecular weight is 615 g/mol. The lowest BCUT2D eigenvalue weighted by molar-refractivity contribution is -0.384. The van der Waals surface area contributed by atoms with E-state index in [0.29, 0.717) is 32.3 Å². The number of nitrogens with one attached hydrogen (secondary N) is 1. The summed E-state index contributed by atoms with van der Waals surface area (Å²) in [4.78, 5) is 21.4. The summed E-state index contributed by atoms with van der Waals surface area (Å²) in [6.07, 6.45) is -3.41. The zero-order chi connectivity index (χ0) is 26.5. The van der Waals surface area contributed by atoms with Crippen LogP contribution in [-0.2, 0) is 12.8 Å². The number of methoxy groups -OCH3 is 1. The first-order valence-corrected chi connectivity index (χ1v) is 11.0. The summed E-state index contributed by atoms with van der Waals surface area (Å²) in [5.41, 5.74) is 1.54. The first-order valence-electron chi connectivity index (χ1n) is 9.97. The number of carboxylic acids is 1. The van der Waals surface area contributed by atoms with E-state index in [1.165, 1.54) is 25.5 Å². The van der Waals surface area contributed by atoms with Crippen LogP contribution >= 0.6 is 22.6 Å². The molecule has 0 spiro atoms. The van der Waals surface area contributed by atoms with Crippen LogP contribution in [0, 0.1) is 13.7 Å². The van der Waals surface area contributed by atoms with Crippen molar-refractivity contribution in [3.63, 3.8) is 0 Å². The Labute approximate surface area is 215 Å². The molecule has 36 heavy (non-hydrogen) atoms. The minimum Gasteiger partial charge on any atom is -0.493 e. The van der Waals surface area contributed by atoms with E-state index in [1.54, 1.807) is 24.3 Å². The third kappa shape index (κ3) is 6.62. The second kappa shape index (κ2) is 11.2. The Kier molecular flexibility index (Phi) is 8.34. The van der Waals surface area contributed by atoms with Crippen molar-refractivity contribution in [3.8, 4) is 11.5 Å². The maximum absolute atomic E-state index is 12.9. The molecule has 0 radical (unpaired) electrons. The maximum atomic E-state index is 12.9. The minimum absolute atomic E-state index is 0.0834. The number of rotatable bonds is 9. The number of nitrogens with zero attached hydrogens (tertiary/aromatic N) is 2. The predicted octanol–water partition coefficient (Wildman–Crippen LogP) is 5.95. The molecule has 13 heteroatoms. The van der Waals surface area contributed by atoms with Gasteiger partial charge in [0.1, 0.15) is 12.3 Å². The molecule has 0 atom stereocenters. The maximum Gasteiger partial charge on any atom is 0.416 e. The standard InChI is InChI=1S/C23H17F3IN3O6/c1-35-20-9-14(8-17(27)21(20)36-12-13-3-2-4-15(7-13)22(31)32)11-28-29-18-6-5-16(23(24,25)26)10-19(18)30(33)34/h2-11,29H,12H2,1H3,(H,31,32)/b28-11-. The van der Waals surface area contributed by atoms with Gasteiger partial charge in [0.2, 0.25) is 0 Å². The Morgan fingerprint density at radius 3 is 2.61 bits per heavy atom. The fraction of sp³-hybridized carbons (Fsp3) is 0.130. The summed E-state index contributed by atoms with van der Waals surface area (Å²) in [5.74, 6) is -0.302. The molecule has 2 N–H and O–H groups in total. The molecule has 0 fully saturated rings. The number of anilines is 1. The van der Waals surface area contributed by atoms with Crippen molar-refractivity contribution in [1.82, 2.24) is 0 Å². The molecule has 0 aliphatic rings. The van der Waals surface area contributed by atoms with Gasteiger partial charge in [0.25, 0.3) is 5.69 Å². The number of hydrogen-bond acceptors (Lipinski definition) is 7. The number of hydrogen-bond donors (Lipinski definition) is 2. The predicted molar refractivity (Wildman–Crippen MR) is 133 cm³/mol. The molecular weight excluding hydrogens is 598 g/mol. The van der Waals surface area contributed by atoms with E-state index in [0.717, 1.165) is 12.1 Å². The Bertz CT molecular complexity index is 1330. The summed E-state index contributed by atoms with van der Waals surface area (Å²) >= 11 is 2.01. The van der Waals surface area contributed by atoms with E-state index in [2.05, 4.69) is 10.5 Å². The lowest BCUT2D eigenvalue weighted by Crippen LogP contribution is -2.06. The largest absolute Gasteiger partial charge is 0.493 e. The third-order valence-corrected chi connectivity index (χ3v) is 5.53. The van der Waals surface area contributed by atoms with Crippen LogP contribution in [0.25, 0.3) is 0 Å². The summed E-state index contributed by atoms with van der Waals surface area (Å²) < 4.78 is 50.4. The van der Waals surface area contributed by atoms with Gasteiger partial charge in [-0.05, 0) is 70.1 Å². The Morgan fingerprint density at radius 2 is 1.97 bits per heavy atom. The number of carbonyl (C=O) groups is 1. The highest BCUT2D eigenvalue weighted by Crippen LogP contribution is 2.36. The van der Waals surface area contributed by atoms with Gasteiger partial charge in [-0.3, -0.25) is 15.5 Å². The monoisotopic (exact) mass is 615 g/mol. The molecule has 0 bridgehead atoms. The van der Waals surface area contributed by atoms with Crippen LogP contribution < -0.4 is 14.9 Å². The van der Waals surface area contributed by atoms with Gasteiger partial charge in [-0.1, -0.05) is 12.1 Å². The fourth-order valence-corrected chi connectivity index (χ4v) is 3.82. The van der Waals surface area contributed by atoms with E-state index in [-0.39, 0.29) is 17.9 Å². The number of aromatic carboxylic acids is 1. The average Bonchev–Trinajstić information content (AvgIpc) is 2.82. The molecule has 3 rings (SSSR count). The first kappa shape index (κ1) is 26.7. The summed E-state index contributed by atoms with van der Waals surface area (Å²) in [6.45, 7) is 0.0834. The minimum atomic E-state index is -4.72. The van der Waals surface area contributed by atoms with Crippen molar-refractivity contribution in [3.05, 3.63) is 90.5 Å². The number of ether oxygens (including phenoxy) is 2. The van der Waals surface area contributed by atoms with Crippen molar-refractivity contribution in [2.24, 2.45) is 5.10 Å². The van der Waals surface area contributed by atoms with E-state index in [4.69, 9.17) is 14.6 Å². The zero-order valence-electron chi connectivity index (χ0n) is 18.4.